The molecule has 0 heterocycles. The fourth-order valence-electron chi connectivity index (χ4n) is 2.06. The third-order valence-electron chi connectivity index (χ3n) is 3.14. The predicted molar refractivity (Wildman–Crippen MR) is 73.3 cm³/mol. The molecular formula is C15H18N2O2. The Morgan fingerprint density at radius 3 is 2.84 bits per heavy atom. The molecule has 19 heavy (non-hydrogen) atoms. The summed E-state index contributed by atoms with van der Waals surface area (Å²) in [6, 6.07) is 9.22. The summed E-state index contributed by atoms with van der Waals surface area (Å²) < 4.78 is 5.48. The Balaban J connectivity index is 1.89. The maximum absolute atomic E-state index is 11.7. The van der Waals surface area contributed by atoms with Crippen molar-refractivity contribution in [3.05, 3.63) is 35.9 Å². The maximum atomic E-state index is 11.7. The highest BCUT2D eigenvalue weighted by molar-refractivity contribution is 5.94. The summed E-state index contributed by atoms with van der Waals surface area (Å²) in [7, 11) is 0. The Bertz CT molecular complexity index is 488. The molecule has 0 spiro atoms. The van der Waals surface area contributed by atoms with E-state index in [0.29, 0.717) is 6.61 Å². The number of benzene rings is 1. The van der Waals surface area contributed by atoms with E-state index in [0.717, 1.165) is 12.0 Å². The number of rotatable bonds is 3. The Labute approximate surface area is 113 Å². The van der Waals surface area contributed by atoms with Crippen LogP contribution in [0.2, 0.25) is 0 Å². The summed E-state index contributed by atoms with van der Waals surface area (Å²) in [4.78, 5) is 11.7. The third kappa shape index (κ3) is 3.57. The van der Waals surface area contributed by atoms with E-state index in [1.54, 1.807) is 0 Å². The molecule has 4 heteroatoms. The van der Waals surface area contributed by atoms with E-state index < -0.39 is 0 Å². The molecule has 2 rings (SSSR count). The zero-order valence-corrected chi connectivity index (χ0v) is 10.9. The number of ether oxygens (including phenoxy) is 1. The highest BCUT2D eigenvalue weighted by Gasteiger charge is 2.40. The van der Waals surface area contributed by atoms with Crippen LogP contribution >= 0.6 is 0 Å². The van der Waals surface area contributed by atoms with Crippen LogP contribution in [0.4, 0.5) is 0 Å². The first-order valence-corrected chi connectivity index (χ1v) is 6.45. The zero-order chi connectivity index (χ0) is 13.7. The lowest BCUT2D eigenvalue weighted by atomic mass is 9.83. The van der Waals surface area contributed by atoms with Crippen LogP contribution in [0, 0.1) is 11.8 Å². The van der Waals surface area contributed by atoms with E-state index in [1.807, 2.05) is 37.3 Å². The normalized spacial score (nSPS) is 24.8. The van der Waals surface area contributed by atoms with E-state index in [1.165, 1.54) is 0 Å². The predicted octanol–water partition coefficient (Wildman–Crippen LogP) is 0.659. The topological polar surface area (TPSA) is 64.3 Å². The molecule has 3 N–H and O–H groups in total. The van der Waals surface area contributed by atoms with Gasteiger partial charge in [0.25, 0.3) is 5.91 Å². The van der Waals surface area contributed by atoms with E-state index in [9.17, 15) is 4.79 Å². The van der Waals surface area contributed by atoms with E-state index >= 15 is 0 Å². The van der Waals surface area contributed by atoms with Crippen molar-refractivity contribution in [3.8, 4) is 11.8 Å². The largest absolute Gasteiger partial charge is 0.376 e. The highest BCUT2D eigenvalue weighted by Crippen LogP contribution is 2.22. The molecule has 3 unspecified atom stereocenters. The van der Waals surface area contributed by atoms with Gasteiger partial charge in [-0.05, 0) is 25.5 Å². The SMILES string of the molecule is CCOC1CC(N)C1NC(=O)C#Cc1ccccc1. The van der Waals surface area contributed by atoms with Crippen LogP contribution in [0.5, 0.6) is 0 Å². The standard InChI is InChI=1S/C15H18N2O2/c1-2-19-13-10-12(16)15(13)17-14(18)9-8-11-6-4-3-5-7-11/h3-7,12-13,15H,2,10,16H2,1H3,(H,17,18). The molecule has 1 fully saturated rings. The second-order valence-electron chi connectivity index (χ2n) is 4.51. The fraction of sp³-hybridized carbons (Fsp3) is 0.400. The van der Waals surface area contributed by atoms with Gasteiger partial charge in [-0.2, -0.15) is 0 Å². The first kappa shape index (κ1) is 13.6. The van der Waals surface area contributed by atoms with Crippen LogP contribution in [0.25, 0.3) is 0 Å². The molecule has 100 valence electrons. The minimum absolute atomic E-state index is 0.0162. The molecule has 1 aliphatic carbocycles. The molecule has 1 aliphatic rings. The fourth-order valence-corrected chi connectivity index (χ4v) is 2.06. The second kappa shape index (κ2) is 6.37. The summed E-state index contributed by atoms with van der Waals surface area (Å²) in [5, 5.41) is 2.81. The minimum Gasteiger partial charge on any atom is -0.376 e. The van der Waals surface area contributed by atoms with Gasteiger partial charge in [0.15, 0.2) is 0 Å². The van der Waals surface area contributed by atoms with Crippen molar-refractivity contribution in [1.82, 2.24) is 5.32 Å². The van der Waals surface area contributed by atoms with Gasteiger partial charge in [-0.3, -0.25) is 4.79 Å². The highest BCUT2D eigenvalue weighted by atomic mass is 16.5. The van der Waals surface area contributed by atoms with E-state index in [4.69, 9.17) is 10.5 Å². The van der Waals surface area contributed by atoms with Gasteiger partial charge < -0.3 is 15.8 Å². The molecule has 0 aromatic heterocycles. The molecular weight excluding hydrogens is 240 g/mol. The number of nitrogens with one attached hydrogen (secondary N) is 1. The molecule has 0 bridgehead atoms. The van der Waals surface area contributed by atoms with Crippen LogP contribution < -0.4 is 11.1 Å². The van der Waals surface area contributed by atoms with Crippen molar-refractivity contribution in [2.24, 2.45) is 5.73 Å². The summed E-state index contributed by atoms with van der Waals surface area (Å²) in [5.41, 5.74) is 6.67. The van der Waals surface area contributed by atoms with Crippen molar-refractivity contribution in [2.45, 2.75) is 31.5 Å². The second-order valence-corrected chi connectivity index (χ2v) is 4.51. The maximum Gasteiger partial charge on any atom is 0.296 e. The number of nitrogens with two attached hydrogens (primary N) is 1. The molecule has 0 saturated heterocycles. The smallest absolute Gasteiger partial charge is 0.296 e. The van der Waals surface area contributed by atoms with Gasteiger partial charge in [-0.15, -0.1) is 0 Å². The number of hydrogen-bond acceptors (Lipinski definition) is 3. The minimum atomic E-state index is -0.311. The van der Waals surface area contributed by atoms with Gasteiger partial charge in [0.05, 0.1) is 12.1 Å². The average molecular weight is 258 g/mol. The van der Waals surface area contributed by atoms with Gasteiger partial charge in [0, 0.05) is 24.1 Å². The van der Waals surface area contributed by atoms with Gasteiger partial charge in [-0.25, -0.2) is 0 Å². The molecule has 1 saturated carbocycles. The first-order chi connectivity index (χ1) is 9.20. The van der Waals surface area contributed by atoms with Crippen LogP contribution in [-0.2, 0) is 9.53 Å². The molecule has 1 aromatic rings. The summed E-state index contributed by atoms with van der Waals surface area (Å²) >= 11 is 0. The Morgan fingerprint density at radius 2 is 2.21 bits per heavy atom. The zero-order valence-electron chi connectivity index (χ0n) is 10.9. The molecule has 0 radical (unpaired) electrons. The quantitative estimate of drug-likeness (QED) is 0.783. The van der Waals surface area contributed by atoms with Crippen molar-refractivity contribution < 1.29 is 9.53 Å². The van der Waals surface area contributed by atoms with Crippen molar-refractivity contribution in [1.29, 1.82) is 0 Å². The van der Waals surface area contributed by atoms with Crippen LogP contribution in [0.1, 0.15) is 18.9 Å². The summed E-state index contributed by atoms with van der Waals surface area (Å²) in [6.45, 7) is 2.55. The number of hydrogen-bond donors (Lipinski definition) is 2. The van der Waals surface area contributed by atoms with Crippen LogP contribution in [-0.4, -0.2) is 30.7 Å². The number of carbonyl (C=O) groups excluding carboxylic acids is 1. The van der Waals surface area contributed by atoms with Crippen molar-refractivity contribution in [3.63, 3.8) is 0 Å². The van der Waals surface area contributed by atoms with Gasteiger partial charge in [0.2, 0.25) is 0 Å². The molecule has 4 nitrogen and oxygen atoms in total. The summed E-state index contributed by atoms with van der Waals surface area (Å²) in [5.74, 6) is 5.07. The van der Waals surface area contributed by atoms with Gasteiger partial charge in [0.1, 0.15) is 0 Å². The molecule has 3 atom stereocenters. The molecule has 1 aromatic carbocycles. The molecule has 0 aliphatic heterocycles. The van der Waals surface area contributed by atoms with Crippen LogP contribution in [0.3, 0.4) is 0 Å². The van der Waals surface area contributed by atoms with Gasteiger partial charge >= 0.3 is 0 Å². The molecule has 1 amide bonds. The lowest BCUT2D eigenvalue weighted by molar-refractivity contribution is -0.120. The van der Waals surface area contributed by atoms with Crippen molar-refractivity contribution >= 4 is 5.91 Å². The monoisotopic (exact) mass is 258 g/mol. The average Bonchev–Trinajstić information content (AvgIpc) is 2.43. The summed E-state index contributed by atoms with van der Waals surface area (Å²) in [6.07, 6.45) is 0.799. The number of amides is 1. The first-order valence-electron chi connectivity index (χ1n) is 6.45. The lowest BCUT2D eigenvalue weighted by Gasteiger charge is -2.41. The van der Waals surface area contributed by atoms with Crippen LogP contribution in [0.15, 0.2) is 30.3 Å². The van der Waals surface area contributed by atoms with Crippen molar-refractivity contribution in [2.75, 3.05) is 6.61 Å². The third-order valence-corrected chi connectivity index (χ3v) is 3.14. The Hall–Kier alpha value is -1.83. The Morgan fingerprint density at radius 1 is 1.47 bits per heavy atom. The number of carbonyl (C=O) groups is 1. The Kier molecular flexibility index (Phi) is 4.56. The lowest BCUT2D eigenvalue weighted by Crippen LogP contribution is -2.64. The van der Waals surface area contributed by atoms with E-state index in [2.05, 4.69) is 17.2 Å². The van der Waals surface area contributed by atoms with Gasteiger partial charge in [-0.1, -0.05) is 24.1 Å². The van der Waals surface area contributed by atoms with E-state index in [-0.39, 0.29) is 24.1 Å².